The molecule has 0 aliphatic heterocycles. The number of halogens is 7. The van der Waals surface area contributed by atoms with E-state index in [1.54, 1.807) is 0 Å². The number of carbonyl (C=O) groups excluding carboxylic acids is 1. The van der Waals surface area contributed by atoms with Crippen LogP contribution in [0.3, 0.4) is 0 Å². The number of rotatable bonds is 8. The fourth-order valence-electron chi connectivity index (χ4n) is 4.19. The molecule has 3 aromatic rings. The molecular formula is C26H22ClF6N3O3. The number of nitrogens with one attached hydrogen (secondary N) is 2. The van der Waals surface area contributed by atoms with Crippen LogP contribution in [-0.4, -0.2) is 22.0 Å². The van der Waals surface area contributed by atoms with Gasteiger partial charge in [-0.25, -0.2) is 13.8 Å². The van der Waals surface area contributed by atoms with Gasteiger partial charge >= 0.3 is 6.18 Å². The number of hydrogen-bond donors (Lipinski definition) is 2. The molecule has 208 valence electrons. The molecule has 1 aliphatic rings. The van der Waals surface area contributed by atoms with E-state index in [0.29, 0.717) is 23.9 Å². The second kappa shape index (κ2) is 11.4. The topological polar surface area (TPSA) is 84.1 Å². The zero-order chi connectivity index (χ0) is 28.5. The fourth-order valence-corrected chi connectivity index (χ4v) is 4.38. The summed E-state index contributed by atoms with van der Waals surface area (Å²) in [7, 11) is 0. The molecule has 6 nitrogen and oxygen atoms in total. The molecule has 1 saturated carbocycles. The highest BCUT2D eigenvalue weighted by molar-refractivity contribution is 6.30. The molecule has 0 radical (unpaired) electrons. The van der Waals surface area contributed by atoms with Crippen molar-refractivity contribution in [1.82, 2.24) is 15.3 Å². The third-order valence-corrected chi connectivity index (χ3v) is 6.67. The van der Waals surface area contributed by atoms with Crippen molar-refractivity contribution in [1.29, 1.82) is 0 Å². The van der Waals surface area contributed by atoms with E-state index in [1.807, 2.05) is 4.98 Å². The van der Waals surface area contributed by atoms with Crippen molar-refractivity contribution < 1.29 is 35.9 Å². The zero-order valence-electron chi connectivity index (χ0n) is 20.4. The Kier molecular flexibility index (Phi) is 8.36. The maximum Gasteiger partial charge on any atom is 0.417 e. The molecule has 1 aliphatic carbocycles. The predicted molar refractivity (Wildman–Crippen MR) is 129 cm³/mol. The number of nitrogens with zero attached hydrogens (tertiary/aromatic N) is 1. The van der Waals surface area contributed by atoms with Gasteiger partial charge in [0.05, 0.1) is 29.5 Å². The van der Waals surface area contributed by atoms with Crippen LogP contribution in [0.1, 0.15) is 42.1 Å². The van der Waals surface area contributed by atoms with Crippen molar-refractivity contribution in [2.24, 2.45) is 5.92 Å². The number of aryl methyl sites for hydroxylation is 1. The molecule has 39 heavy (non-hydrogen) atoms. The average molecular weight is 574 g/mol. The highest BCUT2D eigenvalue weighted by atomic mass is 35.5. The second-order valence-corrected chi connectivity index (χ2v) is 9.48. The first kappa shape index (κ1) is 28.6. The van der Waals surface area contributed by atoms with E-state index in [0.717, 1.165) is 6.07 Å². The van der Waals surface area contributed by atoms with Crippen molar-refractivity contribution in [3.8, 4) is 11.4 Å². The lowest BCUT2D eigenvalue weighted by Crippen LogP contribution is -2.42. The zero-order valence-corrected chi connectivity index (χ0v) is 21.2. The highest BCUT2D eigenvalue weighted by Crippen LogP contribution is 2.38. The van der Waals surface area contributed by atoms with Crippen LogP contribution in [0.15, 0.2) is 35.1 Å². The van der Waals surface area contributed by atoms with E-state index in [9.17, 15) is 31.5 Å². The molecule has 1 amide bonds. The van der Waals surface area contributed by atoms with E-state index in [4.69, 9.17) is 16.3 Å². The van der Waals surface area contributed by atoms with Gasteiger partial charge in [-0.1, -0.05) is 24.6 Å². The Morgan fingerprint density at radius 3 is 2.51 bits per heavy atom. The molecule has 1 fully saturated rings. The largest absolute Gasteiger partial charge is 0.417 e. The van der Waals surface area contributed by atoms with E-state index in [2.05, 4.69) is 10.3 Å². The van der Waals surface area contributed by atoms with E-state index >= 15 is 4.39 Å². The minimum Gasteiger partial charge on any atom is -0.373 e. The standard InChI is InChI=1S/C26H22ClF6N3O3/c1-2-19-22(30)25(38)36-23(35-19)20-17(26(31,32)33)5-3-12(21(20)29)10-34-24(37)13-8-16(9-13)39-11-14-7-15(27)4-6-18(14)28/h3-7,13,16H,2,8-11H2,1H3,(H,34,37)(H,35,36,38)/t13-,16-. The molecule has 0 saturated heterocycles. The SMILES string of the molecule is CCc1nc(-c2c(C(F)(F)F)ccc(CNC(=O)[C@H]3C[C@H](OCc4cc(Cl)ccc4F)C3)c2F)[nH]c(=O)c1F. The number of alkyl halides is 3. The molecule has 0 bridgehead atoms. The normalized spacial score (nSPS) is 17.1. The Balaban J connectivity index is 1.44. The molecular weight excluding hydrogens is 552 g/mol. The summed E-state index contributed by atoms with van der Waals surface area (Å²) in [6.45, 7) is 0.953. The third kappa shape index (κ3) is 6.27. The monoisotopic (exact) mass is 573 g/mol. The number of amides is 1. The summed E-state index contributed by atoms with van der Waals surface area (Å²) < 4.78 is 89.7. The van der Waals surface area contributed by atoms with Crippen molar-refractivity contribution in [2.75, 3.05) is 0 Å². The maximum absolute atomic E-state index is 15.4. The minimum atomic E-state index is -5.01. The van der Waals surface area contributed by atoms with Crippen LogP contribution in [0.25, 0.3) is 11.4 Å². The van der Waals surface area contributed by atoms with Crippen molar-refractivity contribution in [3.63, 3.8) is 0 Å². The third-order valence-electron chi connectivity index (χ3n) is 6.43. The van der Waals surface area contributed by atoms with Gasteiger partial charge in [0.15, 0.2) is 0 Å². The maximum atomic E-state index is 15.4. The number of carbonyl (C=O) groups is 1. The Bertz CT molecular complexity index is 1450. The van der Waals surface area contributed by atoms with Crippen LogP contribution in [0.4, 0.5) is 26.3 Å². The number of aromatic amines is 1. The lowest BCUT2D eigenvalue weighted by Gasteiger charge is -2.34. The van der Waals surface area contributed by atoms with Gasteiger partial charge < -0.3 is 15.0 Å². The summed E-state index contributed by atoms with van der Waals surface area (Å²) >= 11 is 5.85. The van der Waals surface area contributed by atoms with E-state index < -0.39 is 70.2 Å². The molecule has 13 heteroatoms. The smallest absolute Gasteiger partial charge is 0.373 e. The van der Waals surface area contributed by atoms with Gasteiger partial charge in [-0.05, 0) is 43.5 Å². The van der Waals surface area contributed by atoms with Gasteiger partial charge in [0.25, 0.3) is 5.56 Å². The molecule has 2 N–H and O–H groups in total. The number of benzene rings is 2. The molecule has 0 atom stereocenters. The Hall–Kier alpha value is -3.38. The van der Waals surface area contributed by atoms with Gasteiger partial charge in [0.1, 0.15) is 17.5 Å². The Morgan fingerprint density at radius 1 is 1.13 bits per heavy atom. The predicted octanol–water partition coefficient (Wildman–Crippen LogP) is 5.70. The number of hydrogen-bond acceptors (Lipinski definition) is 4. The average Bonchev–Trinajstić information content (AvgIpc) is 2.85. The molecule has 1 aromatic heterocycles. The summed E-state index contributed by atoms with van der Waals surface area (Å²) in [5, 5.41) is 2.84. The summed E-state index contributed by atoms with van der Waals surface area (Å²) in [6.07, 6.45) is -4.80. The lowest BCUT2D eigenvalue weighted by atomic mass is 9.81. The van der Waals surface area contributed by atoms with Gasteiger partial charge in [-0.3, -0.25) is 9.59 Å². The summed E-state index contributed by atoms with van der Waals surface area (Å²) in [6, 6.07) is 5.54. The van der Waals surface area contributed by atoms with Crippen LogP contribution in [0, 0.1) is 23.4 Å². The van der Waals surface area contributed by atoms with Gasteiger partial charge in [-0.15, -0.1) is 0 Å². The van der Waals surface area contributed by atoms with Crippen LogP contribution < -0.4 is 10.9 Å². The first-order valence-corrected chi connectivity index (χ1v) is 12.3. The molecule has 1 heterocycles. The molecule has 0 unspecified atom stereocenters. The van der Waals surface area contributed by atoms with Gasteiger partial charge in [-0.2, -0.15) is 17.6 Å². The van der Waals surface area contributed by atoms with Crippen molar-refractivity contribution >= 4 is 17.5 Å². The fraction of sp³-hybridized carbons (Fsp3) is 0.346. The minimum absolute atomic E-state index is 0.0375. The van der Waals surface area contributed by atoms with Crippen LogP contribution in [-0.2, 0) is 35.3 Å². The lowest BCUT2D eigenvalue weighted by molar-refractivity contribution is -0.137. The van der Waals surface area contributed by atoms with Crippen LogP contribution >= 0.6 is 11.6 Å². The first-order valence-electron chi connectivity index (χ1n) is 11.9. The van der Waals surface area contributed by atoms with E-state index in [1.165, 1.54) is 25.1 Å². The first-order chi connectivity index (χ1) is 18.4. The van der Waals surface area contributed by atoms with Crippen LogP contribution in [0.5, 0.6) is 0 Å². The number of ether oxygens (including phenoxy) is 1. The van der Waals surface area contributed by atoms with Crippen LogP contribution in [0.2, 0.25) is 5.02 Å². The number of aromatic nitrogens is 2. The number of H-pyrrole nitrogens is 1. The molecule has 0 spiro atoms. The quantitative estimate of drug-likeness (QED) is 0.339. The molecule has 4 rings (SSSR count). The summed E-state index contributed by atoms with van der Waals surface area (Å²) in [4.78, 5) is 30.0. The summed E-state index contributed by atoms with van der Waals surface area (Å²) in [5.74, 6) is -4.83. The highest BCUT2D eigenvalue weighted by Gasteiger charge is 2.38. The van der Waals surface area contributed by atoms with E-state index in [-0.39, 0.29) is 30.3 Å². The van der Waals surface area contributed by atoms with Crippen molar-refractivity contribution in [2.45, 2.75) is 51.6 Å². The molecule has 2 aromatic carbocycles. The Labute approximate surface area is 223 Å². The second-order valence-electron chi connectivity index (χ2n) is 9.04. The van der Waals surface area contributed by atoms with Gasteiger partial charge in [0, 0.05) is 28.6 Å². The van der Waals surface area contributed by atoms with Gasteiger partial charge in [0.2, 0.25) is 11.7 Å². The summed E-state index contributed by atoms with van der Waals surface area (Å²) in [5.41, 5.74) is -4.23. The van der Waals surface area contributed by atoms with Crippen molar-refractivity contribution in [3.05, 3.63) is 85.5 Å². The Morgan fingerprint density at radius 2 is 1.85 bits per heavy atom.